The summed E-state index contributed by atoms with van der Waals surface area (Å²) >= 11 is 0. The molecular weight excluding hydrogens is 228 g/mol. The number of anilines is 1. The highest BCUT2D eigenvalue weighted by molar-refractivity contribution is 7.90. The second-order valence-corrected chi connectivity index (χ2v) is 5.73. The number of aromatic nitrogens is 2. The summed E-state index contributed by atoms with van der Waals surface area (Å²) in [5.74, 6) is 0.325. The van der Waals surface area contributed by atoms with Gasteiger partial charge in [0, 0.05) is 26.0 Å². The molecule has 0 bridgehead atoms. The van der Waals surface area contributed by atoms with E-state index in [1.165, 1.54) is 20.3 Å². The van der Waals surface area contributed by atoms with Crippen molar-refractivity contribution >= 4 is 16.2 Å². The lowest BCUT2D eigenvalue weighted by molar-refractivity contribution is 0.526. The van der Waals surface area contributed by atoms with Gasteiger partial charge in [0.05, 0.1) is 0 Å². The number of nitrogens with one attached hydrogen (secondary N) is 1. The third kappa shape index (κ3) is 3.14. The van der Waals surface area contributed by atoms with Crippen molar-refractivity contribution < 1.29 is 8.42 Å². The first-order chi connectivity index (χ1) is 7.33. The molecule has 16 heavy (non-hydrogen) atoms. The van der Waals surface area contributed by atoms with E-state index in [0.29, 0.717) is 0 Å². The zero-order valence-corrected chi connectivity index (χ0v) is 10.6. The van der Waals surface area contributed by atoms with Gasteiger partial charge in [0.1, 0.15) is 0 Å². The molecule has 1 aromatic rings. The van der Waals surface area contributed by atoms with Crippen LogP contribution < -0.4 is 4.72 Å². The number of rotatable bonds is 4. The Labute approximate surface area is 95.9 Å². The summed E-state index contributed by atoms with van der Waals surface area (Å²) in [4.78, 5) is 7.97. The minimum atomic E-state index is -3.54. The molecule has 0 radical (unpaired) electrons. The molecule has 1 N–H and O–H groups in total. The fraction of sp³-hybridized carbons (Fsp3) is 0.556. The molecule has 0 aliphatic carbocycles. The molecule has 90 valence electrons. The fourth-order valence-corrected chi connectivity index (χ4v) is 1.46. The predicted molar refractivity (Wildman–Crippen MR) is 62.4 cm³/mol. The Kier molecular flexibility index (Phi) is 3.82. The molecule has 0 aliphatic heterocycles. The minimum absolute atomic E-state index is 0.0971. The highest BCUT2D eigenvalue weighted by Gasteiger charge is 2.15. The number of hydrogen-bond donors (Lipinski definition) is 1. The first kappa shape index (κ1) is 12.9. The molecule has 0 aliphatic rings. The topological polar surface area (TPSA) is 75.2 Å². The third-order valence-electron chi connectivity index (χ3n) is 1.97. The van der Waals surface area contributed by atoms with Crippen LogP contribution in [-0.2, 0) is 10.2 Å². The first-order valence-electron chi connectivity index (χ1n) is 4.86. The van der Waals surface area contributed by atoms with Crippen molar-refractivity contribution in [2.45, 2.75) is 19.8 Å². The van der Waals surface area contributed by atoms with E-state index in [-0.39, 0.29) is 11.9 Å². The van der Waals surface area contributed by atoms with Crippen LogP contribution in [0.4, 0.5) is 5.95 Å². The monoisotopic (exact) mass is 244 g/mol. The maximum absolute atomic E-state index is 11.5. The van der Waals surface area contributed by atoms with Crippen LogP contribution in [0.1, 0.15) is 25.5 Å². The largest absolute Gasteiger partial charge is 0.303 e. The van der Waals surface area contributed by atoms with Crippen molar-refractivity contribution in [1.29, 1.82) is 0 Å². The maximum atomic E-state index is 11.5. The summed E-state index contributed by atoms with van der Waals surface area (Å²) < 4.78 is 26.4. The van der Waals surface area contributed by atoms with Crippen molar-refractivity contribution in [3.63, 3.8) is 0 Å². The molecule has 0 amide bonds. The van der Waals surface area contributed by atoms with E-state index in [2.05, 4.69) is 14.7 Å². The molecule has 7 heteroatoms. The van der Waals surface area contributed by atoms with Crippen LogP contribution in [0.5, 0.6) is 0 Å². The predicted octanol–water partition coefficient (Wildman–Crippen LogP) is 0.818. The van der Waals surface area contributed by atoms with E-state index in [4.69, 9.17) is 0 Å². The zero-order valence-electron chi connectivity index (χ0n) is 9.80. The molecule has 0 unspecified atom stereocenters. The quantitative estimate of drug-likeness (QED) is 0.850. The van der Waals surface area contributed by atoms with Gasteiger partial charge in [-0.1, -0.05) is 13.8 Å². The molecule has 0 atom stereocenters. The van der Waals surface area contributed by atoms with Gasteiger partial charge in [0.15, 0.2) is 0 Å². The lowest BCUT2D eigenvalue weighted by Crippen LogP contribution is -2.29. The number of hydrogen-bond acceptors (Lipinski definition) is 4. The smallest absolute Gasteiger partial charge is 0.238 e. The number of nitrogens with zero attached hydrogens (tertiary/aromatic N) is 3. The van der Waals surface area contributed by atoms with Gasteiger partial charge in [0.25, 0.3) is 0 Å². The second kappa shape index (κ2) is 4.75. The van der Waals surface area contributed by atoms with Crippen molar-refractivity contribution in [2.75, 3.05) is 18.8 Å². The molecule has 0 spiro atoms. The van der Waals surface area contributed by atoms with Crippen LogP contribution in [-0.4, -0.2) is 36.8 Å². The Bertz CT molecular complexity index is 456. The van der Waals surface area contributed by atoms with Gasteiger partial charge in [-0.15, -0.1) is 0 Å². The van der Waals surface area contributed by atoms with E-state index < -0.39 is 10.2 Å². The summed E-state index contributed by atoms with van der Waals surface area (Å²) in [6.07, 6.45) is 1.54. The van der Waals surface area contributed by atoms with Gasteiger partial charge in [0.2, 0.25) is 5.95 Å². The highest BCUT2D eigenvalue weighted by atomic mass is 32.2. The molecule has 0 aromatic carbocycles. The van der Waals surface area contributed by atoms with Crippen LogP contribution in [0.3, 0.4) is 0 Å². The van der Waals surface area contributed by atoms with Gasteiger partial charge < -0.3 is 0 Å². The van der Waals surface area contributed by atoms with Crippen LogP contribution in [0.2, 0.25) is 0 Å². The van der Waals surface area contributed by atoms with E-state index in [1.807, 2.05) is 13.8 Å². The molecule has 1 heterocycles. The van der Waals surface area contributed by atoms with Gasteiger partial charge in [-0.2, -0.15) is 12.7 Å². The van der Waals surface area contributed by atoms with E-state index in [9.17, 15) is 8.42 Å². The van der Waals surface area contributed by atoms with Gasteiger partial charge in [-0.05, 0) is 12.0 Å². The van der Waals surface area contributed by atoms with Crippen molar-refractivity contribution in [3.8, 4) is 0 Å². The molecule has 6 nitrogen and oxygen atoms in total. The minimum Gasteiger partial charge on any atom is -0.238 e. The summed E-state index contributed by atoms with van der Waals surface area (Å²) in [5, 5.41) is 0. The second-order valence-electron chi connectivity index (χ2n) is 3.85. The lowest BCUT2D eigenvalue weighted by Gasteiger charge is -2.12. The van der Waals surface area contributed by atoms with Gasteiger partial charge in [-0.3, -0.25) is 0 Å². The highest BCUT2D eigenvalue weighted by Crippen LogP contribution is 2.12. The Hall–Kier alpha value is -1.21. The average molecular weight is 244 g/mol. The van der Waals surface area contributed by atoms with E-state index in [0.717, 1.165) is 10.00 Å². The summed E-state index contributed by atoms with van der Waals surface area (Å²) in [6.45, 7) is 3.96. The summed E-state index contributed by atoms with van der Waals surface area (Å²) in [6, 6.07) is 1.76. The summed E-state index contributed by atoms with van der Waals surface area (Å²) in [7, 11) is -0.657. The standard InChI is InChI=1S/C9H16N4O2S/c1-7(2)8-5-6-10-9(11-8)12-16(14,15)13(3)4/h5-7H,1-4H3,(H,10,11,12). The van der Waals surface area contributed by atoms with Crippen LogP contribution >= 0.6 is 0 Å². The zero-order chi connectivity index (χ0) is 12.3. The van der Waals surface area contributed by atoms with E-state index >= 15 is 0 Å². The lowest BCUT2D eigenvalue weighted by atomic mass is 10.1. The first-order valence-corrected chi connectivity index (χ1v) is 6.30. The Morgan fingerprint density at radius 2 is 2.00 bits per heavy atom. The SMILES string of the molecule is CC(C)c1ccnc(NS(=O)(=O)N(C)C)n1. The van der Waals surface area contributed by atoms with Crippen molar-refractivity contribution in [2.24, 2.45) is 0 Å². The normalized spacial score (nSPS) is 12.1. The van der Waals surface area contributed by atoms with Crippen molar-refractivity contribution in [1.82, 2.24) is 14.3 Å². The molecule has 1 rings (SSSR count). The van der Waals surface area contributed by atoms with Crippen LogP contribution in [0.15, 0.2) is 12.3 Å². The third-order valence-corrected chi connectivity index (χ3v) is 3.37. The van der Waals surface area contributed by atoms with E-state index in [1.54, 1.807) is 6.07 Å². The Morgan fingerprint density at radius 1 is 1.38 bits per heavy atom. The van der Waals surface area contributed by atoms with Gasteiger partial charge in [-0.25, -0.2) is 14.7 Å². The molecule has 1 aromatic heterocycles. The van der Waals surface area contributed by atoms with Crippen LogP contribution in [0, 0.1) is 0 Å². The average Bonchev–Trinajstić information content (AvgIpc) is 2.17. The fourth-order valence-electron chi connectivity index (χ4n) is 0.950. The van der Waals surface area contributed by atoms with Gasteiger partial charge >= 0.3 is 10.2 Å². The summed E-state index contributed by atoms with van der Waals surface area (Å²) in [5.41, 5.74) is 0.798. The maximum Gasteiger partial charge on any atom is 0.303 e. The van der Waals surface area contributed by atoms with Crippen LogP contribution in [0.25, 0.3) is 0 Å². The Morgan fingerprint density at radius 3 is 2.50 bits per heavy atom. The molecule has 0 saturated heterocycles. The Balaban J connectivity index is 2.95. The van der Waals surface area contributed by atoms with Crippen molar-refractivity contribution in [3.05, 3.63) is 18.0 Å². The molecule has 0 saturated carbocycles. The molecule has 0 fully saturated rings. The molecular formula is C9H16N4O2S.